The second-order valence-electron chi connectivity index (χ2n) is 6.67. The number of rotatable bonds is 4. The first-order valence-corrected chi connectivity index (χ1v) is 8.78. The number of pyridine rings is 2. The largest absolute Gasteiger partial charge is 0.437 e. The Balaban J connectivity index is 1.88. The van der Waals surface area contributed by atoms with Gasteiger partial charge in [-0.15, -0.1) is 0 Å². The van der Waals surface area contributed by atoms with Gasteiger partial charge in [-0.3, -0.25) is 4.98 Å². The van der Waals surface area contributed by atoms with Crippen molar-refractivity contribution in [2.45, 2.75) is 25.8 Å². The van der Waals surface area contributed by atoms with E-state index in [4.69, 9.17) is 4.74 Å². The van der Waals surface area contributed by atoms with Gasteiger partial charge in [-0.25, -0.2) is 4.98 Å². The molecule has 1 N–H and O–H groups in total. The van der Waals surface area contributed by atoms with Crippen molar-refractivity contribution in [1.82, 2.24) is 19.8 Å². The molecule has 0 radical (unpaired) electrons. The summed E-state index contributed by atoms with van der Waals surface area (Å²) in [5.41, 5.74) is 1.48. The van der Waals surface area contributed by atoms with E-state index < -0.39 is 0 Å². The summed E-state index contributed by atoms with van der Waals surface area (Å²) < 4.78 is 5.93. The molecule has 0 saturated carbocycles. The zero-order valence-corrected chi connectivity index (χ0v) is 15.5. The number of ether oxygens (including phenoxy) is 1. The number of nitrogens with zero attached hydrogens (tertiary/aromatic N) is 5. The fraction of sp³-hybridized carbons (Fsp3) is 0.421. The lowest BCUT2D eigenvalue weighted by Gasteiger charge is -2.36. The first kappa shape index (κ1) is 18.1. The van der Waals surface area contributed by atoms with E-state index >= 15 is 0 Å². The second kappa shape index (κ2) is 8.14. The Hall–Kier alpha value is -2.67. The van der Waals surface area contributed by atoms with E-state index in [2.05, 4.69) is 27.1 Å². The average Bonchev–Trinajstić information content (AvgIpc) is 2.65. The number of hydrogen-bond donors (Lipinski definition) is 1. The Kier molecular flexibility index (Phi) is 5.68. The Morgan fingerprint density at radius 2 is 2.08 bits per heavy atom. The third-order valence-electron chi connectivity index (χ3n) is 4.75. The van der Waals surface area contributed by atoms with Crippen LogP contribution in [0, 0.1) is 6.92 Å². The van der Waals surface area contributed by atoms with Gasteiger partial charge >= 0.3 is 0 Å². The highest BCUT2D eigenvalue weighted by molar-refractivity contribution is 6.00. The SMILES string of the molecule is Cc1ccc(/C(=N/O)N(C)C2CCN(C)CC2)c(Oc2cccnc2)n1. The van der Waals surface area contributed by atoms with Crippen molar-refractivity contribution in [3.8, 4) is 11.6 Å². The molecule has 0 bridgehead atoms. The number of aromatic nitrogens is 2. The number of oxime groups is 1. The van der Waals surface area contributed by atoms with E-state index in [9.17, 15) is 5.21 Å². The standard InChI is InChI=1S/C19H25N5O2/c1-14-6-7-17(19(21-14)26-16-5-4-10-20-13-16)18(22-25)24(3)15-8-11-23(2)12-9-15/h4-7,10,13,15,25H,8-9,11-12H2,1-3H3/b22-18-. The summed E-state index contributed by atoms with van der Waals surface area (Å²) >= 11 is 0. The van der Waals surface area contributed by atoms with Crippen LogP contribution in [-0.4, -0.2) is 64.0 Å². The average molecular weight is 355 g/mol. The summed E-state index contributed by atoms with van der Waals surface area (Å²) in [5, 5.41) is 13.3. The maximum Gasteiger partial charge on any atom is 0.230 e. The molecule has 138 valence electrons. The molecular weight excluding hydrogens is 330 g/mol. The summed E-state index contributed by atoms with van der Waals surface area (Å²) in [6.45, 7) is 3.95. The number of aryl methyl sites for hydroxylation is 1. The lowest BCUT2D eigenvalue weighted by atomic mass is 10.0. The van der Waals surface area contributed by atoms with Crippen molar-refractivity contribution in [3.05, 3.63) is 47.9 Å². The van der Waals surface area contributed by atoms with E-state index in [0.717, 1.165) is 31.6 Å². The maximum atomic E-state index is 9.73. The van der Waals surface area contributed by atoms with Crippen molar-refractivity contribution < 1.29 is 9.94 Å². The summed E-state index contributed by atoms with van der Waals surface area (Å²) in [7, 11) is 4.08. The van der Waals surface area contributed by atoms with Crippen LogP contribution < -0.4 is 4.74 Å². The molecule has 3 heterocycles. The molecule has 3 rings (SSSR count). The molecule has 2 aromatic heterocycles. The van der Waals surface area contributed by atoms with Crippen LogP contribution in [0.5, 0.6) is 11.6 Å². The molecule has 2 aromatic rings. The second-order valence-corrected chi connectivity index (χ2v) is 6.67. The van der Waals surface area contributed by atoms with Gasteiger partial charge in [0.25, 0.3) is 0 Å². The minimum atomic E-state index is 0.310. The predicted molar refractivity (Wildman–Crippen MR) is 99.9 cm³/mol. The van der Waals surface area contributed by atoms with Gasteiger partial charge < -0.3 is 19.7 Å². The highest BCUT2D eigenvalue weighted by atomic mass is 16.5. The van der Waals surface area contributed by atoms with Crippen molar-refractivity contribution in [2.24, 2.45) is 5.16 Å². The molecule has 26 heavy (non-hydrogen) atoms. The molecule has 1 saturated heterocycles. The zero-order chi connectivity index (χ0) is 18.5. The van der Waals surface area contributed by atoms with Gasteiger partial charge in [0.1, 0.15) is 5.75 Å². The van der Waals surface area contributed by atoms with Gasteiger partial charge in [0.05, 0.1) is 11.8 Å². The molecule has 1 aliphatic rings. The van der Waals surface area contributed by atoms with E-state index in [1.54, 1.807) is 18.5 Å². The summed E-state index contributed by atoms with van der Waals surface area (Å²) in [4.78, 5) is 12.9. The first-order chi connectivity index (χ1) is 12.6. The lowest BCUT2D eigenvalue weighted by Crippen LogP contribution is -2.44. The summed E-state index contributed by atoms with van der Waals surface area (Å²) in [6, 6.07) is 7.70. The Morgan fingerprint density at radius 1 is 1.31 bits per heavy atom. The number of hydrogen-bond acceptors (Lipinski definition) is 6. The van der Waals surface area contributed by atoms with Crippen LogP contribution in [0.3, 0.4) is 0 Å². The smallest absolute Gasteiger partial charge is 0.230 e. The third-order valence-corrected chi connectivity index (χ3v) is 4.75. The highest BCUT2D eigenvalue weighted by Crippen LogP contribution is 2.26. The maximum absolute atomic E-state index is 9.73. The van der Waals surface area contributed by atoms with Crippen LogP contribution in [0.15, 0.2) is 41.8 Å². The van der Waals surface area contributed by atoms with E-state index in [1.807, 2.05) is 37.1 Å². The molecule has 7 heteroatoms. The van der Waals surface area contributed by atoms with Gasteiger partial charge in [0, 0.05) is 25.0 Å². The van der Waals surface area contributed by atoms with Crippen molar-refractivity contribution in [2.75, 3.05) is 27.2 Å². The Labute approximate surface area is 153 Å². The molecule has 1 aliphatic heterocycles. The predicted octanol–water partition coefficient (Wildman–Crippen LogP) is 2.74. The van der Waals surface area contributed by atoms with Crippen LogP contribution in [0.1, 0.15) is 24.1 Å². The minimum Gasteiger partial charge on any atom is -0.437 e. The molecule has 7 nitrogen and oxygen atoms in total. The Bertz CT molecular complexity index is 758. The lowest BCUT2D eigenvalue weighted by molar-refractivity contribution is 0.187. The number of piperidine rings is 1. The first-order valence-electron chi connectivity index (χ1n) is 8.78. The number of amidine groups is 1. The molecule has 0 aliphatic carbocycles. The fourth-order valence-electron chi connectivity index (χ4n) is 3.17. The van der Waals surface area contributed by atoms with Crippen molar-refractivity contribution >= 4 is 5.84 Å². The van der Waals surface area contributed by atoms with Crippen LogP contribution >= 0.6 is 0 Å². The molecule has 0 unspecified atom stereocenters. The van der Waals surface area contributed by atoms with E-state index in [-0.39, 0.29) is 0 Å². The van der Waals surface area contributed by atoms with Gasteiger partial charge in [-0.2, -0.15) is 0 Å². The van der Waals surface area contributed by atoms with Crippen LogP contribution in [0.2, 0.25) is 0 Å². The van der Waals surface area contributed by atoms with Crippen LogP contribution in [0.25, 0.3) is 0 Å². The minimum absolute atomic E-state index is 0.310. The van der Waals surface area contributed by atoms with Gasteiger partial charge in [-0.05, 0) is 64.2 Å². The normalized spacial score (nSPS) is 16.5. The van der Waals surface area contributed by atoms with Crippen molar-refractivity contribution in [3.63, 3.8) is 0 Å². The molecule has 0 atom stereocenters. The van der Waals surface area contributed by atoms with Gasteiger partial charge in [0.15, 0.2) is 5.84 Å². The zero-order valence-electron chi connectivity index (χ0n) is 15.5. The summed E-state index contributed by atoms with van der Waals surface area (Å²) in [5.74, 6) is 1.46. The highest BCUT2D eigenvalue weighted by Gasteiger charge is 2.26. The van der Waals surface area contributed by atoms with Crippen molar-refractivity contribution in [1.29, 1.82) is 0 Å². The van der Waals surface area contributed by atoms with E-state index in [1.165, 1.54) is 0 Å². The van der Waals surface area contributed by atoms with Gasteiger partial charge in [0.2, 0.25) is 5.88 Å². The van der Waals surface area contributed by atoms with Crippen LogP contribution in [-0.2, 0) is 0 Å². The van der Waals surface area contributed by atoms with Gasteiger partial charge in [-0.1, -0.05) is 5.16 Å². The van der Waals surface area contributed by atoms with Crippen LogP contribution in [0.4, 0.5) is 0 Å². The topological polar surface area (TPSA) is 74.1 Å². The third kappa shape index (κ3) is 4.11. The molecule has 0 aromatic carbocycles. The molecule has 1 fully saturated rings. The molecular formula is C19H25N5O2. The Morgan fingerprint density at radius 3 is 2.73 bits per heavy atom. The number of likely N-dealkylation sites (tertiary alicyclic amines) is 1. The van der Waals surface area contributed by atoms with E-state index in [0.29, 0.717) is 29.1 Å². The fourth-order valence-corrected chi connectivity index (χ4v) is 3.17. The summed E-state index contributed by atoms with van der Waals surface area (Å²) in [6.07, 6.45) is 5.35. The quantitative estimate of drug-likeness (QED) is 0.393. The molecule has 0 spiro atoms. The molecule has 0 amide bonds. The monoisotopic (exact) mass is 355 g/mol.